The number of benzene rings is 1. The number of phenolic OH excluding ortho intramolecular Hbond substituents is 1. The van der Waals surface area contributed by atoms with Crippen LogP contribution in [0.1, 0.15) is 31.9 Å². The molecule has 0 atom stereocenters. The molecule has 0 bridgehead atoms. The number of hydrogen-bond donors (Lipinski definition) is 1. The van der Waals surface area contributed by atoms with Crippen LogP contribution >= 0.6 is 0 Å². The zero-order valence-corrected chi connectivity index (χ0v) is 16.2. The molecule has 1 aliphatic heterocycles. The van der Waals surface area contributed by atoms with Gasteiger partial charge >= 0.3 is 6.09 Å². The first-order valence-electron chi connectivity index (χ1n) is 8.93. The molecule has 1 fully saturated rings. The summed E-state index contributed by atoms with van der Waals surface area (Å²) in [6.45, 7) is 12.7. The van der Waals surface area contributed by atoms with Crippen molar-refractivity contribution in [3.8, 4) is 11.5 Å². The van der Waals surface area contributed by atoms with Gasteiger partial charge in [-0.2, -0.15) is 0 Å². The minimum Gasteiger partial charge on any atom is -0.504 e. The molecule has 1 amide bonds. The average Bonchev–Trinajstić information content (AvgIpc) is 2.57. The van der Waals surface area contributed by atoms with E-state index >= 15 is 0 Å². The number of ether oxygens (including phenoxy) is 2. The van der Waals surface area contributed by atoms with E-state index in [0.29, 0.717) is 25.4 Å². The van der Waals surface area contributed by atoms with Gasteiger partial charge in [-0.15, -0.1) is 6.58 Å². The molecule has 6 nitrogen and oxygen atoms in total. The van der Waals surface area contributed by atoms with E-state index in [1.807, 2.05) is 39.0 Å². The van der Waals surface area contributed by atoms with Gasteiger partial charge in [0.1, 0.15) is 5.60 Å². The number of piperazine rings is 1. The van der Waals surface area contributed by atoms with Gasteiger partial charge in [0.2, 0.25) is 0 Å². The maximum Gasteiger partial charge on any atom is 0.410 e. The second kappa shape index (κ2) is 8.45. The lowest BCUT2D eigenvalue weighted by Crippen LogP contribution is -2.49. The number of hydrogen-bond acceptors (Lipinski definition) is 5. The average molecular weight is 362 g/mol. The van der Waals surface area contributed by atoms with Crippen molar-refractivity contribution >= 4 is 6.09 Å². The Kier molecular flexibility index (Phi) is 6.53. The maximum absolute atomic E-state index is 12.2. The normalized spacial score (nSPS) is 15.6. The van der Waals surface area contributed by atoms with Crippen molar-refractivity contribution in [2.45, 2.75) is 39.3 Å². The van der Waals surface area contributed by atoms with E-state index in [9.17, 15) is 9.90 Å². The van der Waals surface area contributed by atoms with Crippen LogP contribution in [0.3, 0.4) is 0 Å². The van der Waals surface area contributed by atoms with Crippen LogP contribution in [0.2, 0.25) is 0 Å². The molecule has 6 heteroatoms. The van der Waals surface area contributed by atoms with E-state index < -0.39 is 5.60 Å². The van der Waals surface area contributed by atoms with Crippen molar-refractivity contribution in [1.82, 2.24) is 9.80 Å². The molecule has 26 heavy (non-hydrogen) atoms. The smallest absolute Gasteiger partial charge is 0.410 e. The van der Waals surface area contributed by atoms with Gasteiger partial charge < -0.3 is 19.5 Å². The highest BCUT2D eigenvalue weighted by molar-refractivity contribution is 5.68. The standard InChI is InChI=1S/C20H30N2O4/c1-6-7-15-12-16(18(23)17(13-15)25-5)14-21-8-10-22(11-9-21)19(24)26-20(2,3)4/h6,12-13,23H,1,7-11,14H2,2-5H3. The number of phenols is 1. The van der Waals surface area contributed by atoms with Crippen molar-refractivity contribution in [1.29, 1.82) is 0 Å². The number of rotatable bonds is 5. The van der Waals surface area contributed by atoms with Gasteiger partial charge in [-0.25, -0.2) is 4.79 Å². The fourth-order valence-electron chi connectivity index (χ4n) is 2.95. The van der Waals surface area contributed by atoms with Crippen LogP contribution in [-0.4, -0.2) is 59.9 Å². The van der Waals surface area contributed by atoms with Gasteiger partial charge in [-0.05, 0) is 38.8 Å². The fraction of sp³-hybridized carbons (Fsp3) is 0.550. The van der Waals surface area contributed by atoms with E-state index in [4.69, 9.17) is 9.47 Å². The van der Waals surface area contributed by atoms with E-state index in [2.05, 4.69) is 11.5 Å². The molecule has 1 aromatic carbocycles. The molecule has 1 aromatic rings. The van der Waals surface area contributed by atoms with E-state index in [0.717, 1.165) is 30.6 Å². The molecule has 0 aliphatic carbocycles. The zero-order valence-electron chi connectivity index (χ0n) is 16.2. The lowest BCUT2D eigenvalue weighted by molar-refractivity contribution is 0.0138. The number of amides is 1. The quantitative estimate of drug-likeness (QED) is 0.815. The summed E-state index contributed by atoms with van der Waals surface area (Å²) in [4.78, 5) is 16.1. The van der Waals surface area contributed by atoms with Gasteiger partial charge in [0, 0.05) is 38.3 Å². The van der Waals surface area contributed by atoms with Crippen LogP contribution in [-0.2, 0) is 17.7 Å². The minimum atomic E-state index is -0.484. The largest absolute Gasteiger partial charge is 0.504 e. The number of carbonyl (C=O) groups excluding carboxylic acids is 1. The van der Waals surface area contributed by atoms with Crippen LogP contribution in [0.5, 0.6) is 11.5 Å². The Labute approximate surface area is 156 Å². The second-order valence-electron chi connectivity index (χ2n) is 7.54. The molecular weight excluding hydrogens is 332 g/mol. The SMILES string of the molecule is C=CCc1cc(CN2CCN(C(=O)OC(C)(C)C)CC2)c(O)c(OC)c1. The van der Waals surface area contributed by atoms with Gasteiger partial charge in [-0.1, -0.05) is 12.1 Å². The first-order valence-corrected chi connectivity index (χ1v) is 8.93. The van der Waals surface area contributed by atoms with Gasteiger partial charge in [0.05, 0.1) is 7.11 Å². The highest BCUT2D eigenvalue weighted by atomic mass is 16.6. The highest BCUT2D eigenvalue weighted by Gasteiger charge is 2.26. The Balaban J connectivity index is 2.00. The zero-order chi connectivity index (χ0) is 19.3. The fourth-order valence-corrected chi connectivity index (χ4v) is 2.95. The number of allylic oxidation sites excluding steroid dienone is 1. The maximum atomic E-state index is 12.2. The van der Waals surface area contributed by atoms with Crippen LogP contribution < -0.4 is 4.74 Å². The molecule has 0 saturated carbocycles. The second-order valence-corrected chi connectivity index (χ2v) is 7.54. The Hall–Kier alpha value is -2.21. The third-order valence-corrected chi connectivity index (χ3v) is 4.23. The van der Waals surface area contributed by atoms with Crippen molar-refractivity contribution in [2.75, 3.05) is 33.3 Å². The number of nitrogens with zero attached hydrogens (tertiary/aromatic N) is 2. The summed E-state index contributed by atoms with van der Waals surface area (Å²) < 4.78 is 10.7. The van der Waals surface area contributed by atoms with Gasteiger partial charge in [0.25, 0.3) is 0 Å². The Morgan fingerprint density at radius 1 is 1.27 bits per heavy atom. The van der Waals surface area contributed by atoms with Gasteiger partial charge in [0.15, 0.2) is 11.5 Å². The first-order chi connectivity index (χ1) is 12.2. The van der Waals surface area contributed by atoms with Crippen molar-refractivity contribution in [3.05, 3.63) is 35.9 Å². The summed E-state index contributed by atoms with van der Waals surface area (Å²) >= 11 is 0. The van der Waals surface area contributed by atoms with Gasteiger partial charge in [-0.3, -0.25) is 4.90 Å². The Morgan fingerprint density at radius 2 is 1.92 bits per heavy atom. The molecule has 0 unspecified atom stereocenters. The monoisotopic (exact) mass is 362 g/mol. The van der Waals surface area contributed by atoms with Crippen LogP contribution in [0.15, 0.2) is 24.8 Å². The molecule has 0 radical (unpaired) electrons. The highest BCUT2D eigenvalue weighted by Crippen LogP contribution is 2.32. The third kappa shape index (κ3) is 5.39. The van der Waals surface area contributed by atoms with E-state index in [-0.39, 0.29) is 11.8 Å². The molecular formula is C20H30N2O4. The number of carbonyl (C=O) groups is 1. The molecule has 1 N–H and O–H groups in total. The molecule has 1 saturated heterocycles. The number of aromatic hydroxyl groups is 1. The summed E-state index contributed by atoms with van der Waals surface area (Å²) in [6, 6.07) is 3.82. The summed E-state index contributed by atoms with van der Waals surface area (Å²) in [7, 11) is 1.55. The van der Waals surface area contributed by atoms with Crippen molar-refractivity contribution < 1.29 is 19.4 Å². The molecule has 0 aromatic heterocycles. The first kappa shape index (κ1) is 20.1. The number of methoxy groups -OCH3 is 1. The summed E-state index contributed by atoms with van der Waals surface area (Å²) in [6.07, 6.45) is 2.28. The lowest BCUT2D eigenvalue weighted by atomic mass is 10.1. The van der Waals surface area contributed by atoms with Crippen LogP contribution in [0.25, 0.3) is 0 Å². The van der Waals surface area contributed by atoms with Crippen LogP contribution in [0, 0.1) is 0 Å². The Bertz CT molecular complexity index is 644. The van der Waals surface area contributed by atoms with Crippen molar-refractivity contribution in [3.63, 3.8) is 0 Å². The summed E-state index contributed by atoms with van der Waals surface area (Å²) in [5.41, 5.74) is 1.39. The molecule has 1 heterocycles. The Morgan fingerprint density at radius 3 is 2.46 bits per heavy atom. The van der Waals surface area contributed by atoms with E-state index in [1.54, 1.807) is 12.0 Å². The molecule has 1 aliphatic rings. The van der Waals surface area contributed by atoms with Crippen LogP contribution in [0.4, 0.5) is 4.79 Å². The van der Waals surface area contributed by atoms with E-state index in [1.165, 1.54) is 0 Å². The molecule has 0 spiro atoms. The molecule has 144 valence electrons. The summed E-state index contributed by atoms with van der Waals surface area (Å²) in [5, 5.41) is 10.4. The van der Waals surface area contributed by atoms with Crippen molar-refractivity contribution in [2.24, 2.45) is 0 Å². The third-order valence-electron chi connectivity index (χ3n) is 4.23. The predicted molar refractivity (Wildman–Crippen MR) is 102 cm³/mol. The predicted octanol–water partition coefficient (Wildman–Crippen LogP) is 3.18. The lowest BCUT2D eigenvalue weighted by Gasteiger charge is -2.35. The molecule has 2 rings (SSSR count). The minimum absolute atomic E-state index is 0.176. The topological polar surface area (TPSA) is 62.2 Å². The summed E-state index contributed by atoms with van der Waals surface area (Å²) in [5.74, 6) is 0.654.